The Bertz CT molecular complexity index is 469. The molecular weight excluding hydrogens is 284 g/mol. The lowest BCUT2D eigenvalue weighted by molar-refractivity contribution is -0.153. The van der Waals surface area contributed by atoms with Gasteiger partial charge in [-0.25, -0.2) is 0 Å². The number of esters is 1. The summed E-state index contributed by atoms with van der Waals surface area (Å²) in [5.41, 5.74) is 1.29. The zero-order valence-corrected chi connectivity index (χ0v) is 13.9. The van der Waals surface area contributed by atoms with Crippen LogP contribution < -0.4 is 0 Å². The molecule has 3 heteroatoms. The third-order valence-electron chi connectivity index (χ3n) is 4.89. The van der Waals surface area contributed by atoms with Crippen LogP contribution in [0.3, 0.4) is 0 Å². The fraction of sp³-hybridized carbons (Fsp3) is 0.611. The minimum absolute atomic E-state index is 0.0152. The van der Waals surface area contributed by atoms with Crippen LogP contribution in [0.5, 0.6) is 0 Å². The van der Waals surface area contributed by atoms with Gasteiger partial charge in [0.1, 0.15) is 12.0 Å². The number of rotatable bonds is 4. The van der Waals surface area contributed by atoms with Gasteiger partial charge in [0.25, 0.3) is 0 Å². The smallest absolute Gasteiger partial charge is 0.321 e. The molecule has 0 heterocycles. The molecule has 1 aromatic carbocycles. The minimum atomic E-state index is -0.301. The predicted octanol–water partition coefficient (Wildman–Crippen LogP) is 4.55. The van der Waals surface area contributed by atoms with E-state index in [-0.39, 0.29) is 23.4 Å². The monoisotopic (exact) mass is 308 g/mol. The van der Waals surface area contributed by atoms with Gasteiger partial charge in [0.2, 0.25) is 0 Å². The molecule has 3 atom stereocenters. The molecule has 116 valence electrons. The lowest BCUT2D eigenvalue weighted by atomic mass is 9.64. The standard InChI is InChI=1S/C18H25ClO2/c1-13-9-10-15(16(11-13)21-17(20)12-19)18(2,3)14-7-5-4-6-8-14/h4-8,13,15-16H,9-12H2,1-3H3. The number of carbonyl (C=O) groups excluding carboxylic acids is 1. The summed E-state index contributed by atoms with van der Waals surface area (Å²) in [6, 6.07) is 10.5. The number of ether oxygens (including phenoxy) is 1. The lowest BCUT2D eigenvalue weighted by Crippen LogP contribution is -2.43. The van der Waals surface area contributed by atoms with E-state index in [0.717, 1.165) is 12.8 Å². The Labute approximate surface area is 132 Å². The van der Waals surface area contributed by atoms with Crippen molar-refractivity contribution in [2.75, 3.05) is 5.88 Å². The molecule has 0 aromatic heterocycles. The van der Waals surface area contributed by atoms with E-state index in [9.17, 15) is 4.79 Å². The van der Waals surface area contributed by atoms with E-state index in [1.807, 2.05) is 6.07 Å². The SMILES string of the molecule is CC1CCC(C(C)(C)c2ccccc2)C(OC(=O)CCl)C1. The van der Waals surface area contributed by atoms with Crippen molar-refractivity contribution in [2.24, 2.45) is 11.8 Å². The van der Waals surface area contributed by atoms with Crippen molar-refractivity contribution in [1.29, 1.82) is 0 Å². The van der Waals surface area contributed by atoms with Crippen molar-refractivity contribution in [3.63, 3.8) is 0 Å². The highest BCUT2D eigenvalue weighted by Gasteiger charge is 2.41. The van der Waals surface area contributed by atoms with Crippen molar-refractivity contribution in [3.05, 3.63) is 35.9 Å². The number of benzene rings is 1. The van der Waals surface area contributed by atoms with Crippen LogP contribution >= 0.6 is 11.6 Å². The molecule has 0 N–H and O–H groups in total. The zero-order valence-electron chi connectivity index (χ0n) is 13.1. The molecule has 1 aromatic rings. The van der Waals surface area contributed by atoms with Gasteiger partial charge >= 0.3 is 5.97 Å². The van der Waals surface area contributed by atoms with Gasteiger partial charge in [0.15, 0.2) is 0 Å². The molecule has 2 nitrogen and oxygen atoms in total. The Morgan fingerprint density at radius 2 is 1.95 bits per heavy atom. The molecular formula is C18H25ClO2. The zero-order chi connectivity index (χ0) is 15.5. The molecule has 2 rings (SSSR count). The van der Waals surface area contributed by atoms with Gasteiger partial charge in [-0.3, -0.25) is 4.79 Å². The van der Waals surface area contributed by atoms with E-state index in [1.165, 1.54) is 12.0 Å². The summed E-state index contributed by atoms with van der Waals surface area (Å²) in [5.74, 6) is 0.567. The van der Waals surface area contributed by atoms with Gasteiger partial charge in [-0.05, 0) is 29.7 Å². The Balaban J connectivity index is 2.23. The fourth-order valence-corrected chi connectivity index (χ4v) is 3.63. The molecule has 1 saturated carbocycles. The first kappa shape index (κ1) is 16.4. The summed E-state index contributed by atoms with van der Waals surface area (Å²) in [4.78, 5) is 11.6. The maximum Gasteiger partial charge on any atom is 0.321 e. The Morgan fingerprint density at radius 1 is 1.29 bits per heavy atom. The van der Waals surface area contributed by atoms with Crippen LogP contribution in [0.25, 0.3) is 0 Å². The van der Waals surface area contributed by atoms with Crippen LogP contribution in [0.4, 0.5) is 0 Å². The van der Waals surface area contributed by atoms with Crippen molar-refractivity contribution in [3.8, 4) is 0 Å². The molecule has 1 aliphatic carbocycles. The van der Waals surface area contributed by atoms with Crippen LogP contribution in [-0.4, -0.2) is 18.0 Å². The van der Waals surface area contributed by atoms with Crippen molar-refractivity contribution >= 4 is 17.6 Å². The maximum atomic E-state index is 11.6. The second-order valence-corrected chi connectivity index (χ2v) is 7.04. The molecule has 21 heavy (non-hydrogen) atoms. The number of alkyl halides is 1. The van der Waals surface area contributed by atoms with Gasteiger partial charge in [-0.15, -0.1) is 11.6 Å². The highest BCUT2D eigenvalue weighted by atomic mass is 35.5. The largest absolute Gasteiger partial charge is 0.461 e. The Kier molecular flexibility index (Phi) is 5.32. The fourth-order valence-electron chi connectivity index (χ4n) is 3.57. The van der Waals surface area contributed by atoms with Crippen LogP contribution in [0, 0.1) is 11.8 Å². The van der Waals surface area contributed by atoms with Crippen LogP contribution in [0.1, 0.15) is 45.6 Å². The molecule has 1 aliphatic rings. The number of halogens is 1. The van der Waals surface area contributed by atoms with E-state index in [4.69, 9.17) is 16.3 Å². The predicted molar refractivity (Wildman–Crippen MR) is 86.6 cm³/mol. The summed E-state index contributed by atoms with van der Waals surface area (Å²) in [5, 5.41) is 0. The third kappa shape index (κ3) is 3.79. The normalized spacial score (nSPS) is 26.4. The average molecular weight is 309 g/mol. The quantitative estimate of drug-likeness (QED) is 0.602. The first-order valence-corrected chi connectivity index (χ1v) is 8.29. The van der Waals surface area contributed by atoms with E-state index in [2.05, 4.69) is 45.0 Å². The first-order valence-electron chi connectivity index (χ1n) is 7.76. The lowest BCUT2D eigenvalue weighted by Gasteiger charge is -2.43. The van der Waals surface area contributed by atoms with Gasteiger partial charge < -0.3 is 4.74 Å². The highest BCUT2D eigenvalue weighted by molar-refractivity contribution is 6.26. The van der Waals surface area contributed by atoms with Gasteiger partial charge in [-0.1, -0.05) is 57.5 Å². The van der Waals surface area contributed by atoms with Crippen molar-refractivity contribution < 1.29 is 9.53 Å². The van der Waals surface area contributed by atoms with E-state index in [0.29, 0.717) is 11.8 Å². The minimum Gasteiger partial charge on any atom is -0.461 e. The third-order valence-corrected chi connectivity index (χ3v) is 5.11. The van der Waals surface area contributed by atoms with Gasteiger partial charge in [-0.2, -0.15) is 0 Å². The van der Waals surface area contributed by atoms with Crippen LogP contribution in [0.2, 0.25) is 0 Å². The summed E-state index contributed by atoms with van der Waals surface area (Å²) in [7, 11) is 0. The van der Waals surface area contributed by atoms with E-state index >= 15 is 0 Å². The molecule has 0 radical (unpaired) electrons. The molecule has 0 spiro atoms. The molecule has 0 bridgehead atoms. The van der Waals surface area contributed by atoms with Crippen molar-refractivity contribution in [1.82, 2.24) is 0 Å². The average Bonchev–Trinajstić information content (AvgIpc) is 2.48. The Morgan fingerprint density at radius 3 is 2.57 bits per heavy atom. The molecule has 1 fully saturated rings. The summed E-state index contributed by atoms with van der Waals surface area (Å²) >= 11 is 5.61. The Hall–Kier alpha value is -1.02. The summed E-state index contributed by atoms with van der Waals surface area (Å²) in [6.07, 6.45) is 3.18. The first-order chi connectivity index (χ1) is 9.95. The number of carbonyl (C=O) groups is 1. The number of hydrogen-bond acceptors (Lipinski definition) is 2. The molecule has 0 aliphatic heterocycles. The molecule has 0 amide bonds. The number of hydrogen-bond donors (Lipinski definition) is 0. The second kappa shape index (κ2) is 6.83. The highest BCUT2D eigenvalue weighted by Crippen LogP contribution is 2.43. The van der Waals surface area contributed by atoms with Crippen LogP contribution in [0.15, 0.2) is 30.3 Å². The summed E-state index contributed by atoms with van der Waals surface area (Å²) in [6.45, 7) is 6.74. The summed E-state index contributed by atoms with van der Waals surface area (Å²) < 4.78 is 5.66. The van der Waals surface area contributed by atoms with Crippen molar-refractivity contribution in [2.45, 2.75) is 51.6 Å². The topological polar surface area (TPSA) is 26.3 Å². The maximum absolute atomic E-state index is 11.6. The van der Waals surface area contributed by atoms with E-state index in [1.54, 1.807) is 0 Å². The van der Waals surface area contributed by atoms with Gasteiger partial charge in [0.05, 0.1) is 0 Å². The molecule has 0 saturated heterocycles. The van der Waals surface area contributed by atoms with E-state index < -0.39 is 0 Å². The van der Waals surface area contributed by atoms with Crippen LogP contribution in [-0.2, 0) is 14.9 Å². The molecule has 3 unspecified atom stereocenters. The van der Waals surface area contributed by atoms with Gasteiger partial charge in [0, 0.05) is 5.92 Å². The second-order valence-electron chi connectivity index (χ2n) is 6.77.